The van der Waals surface area contributed by atoms with E-state index in [2.05, 4.69) is 22.1 Å². The van der Waals surface area contributed by atoms with Crippen molar-refractivity contribution in [1.82, 2.24) is 4.90 Å². The summed E-state index contributed by atoms with van der Waals surface area (Å²) in [5, 5.41) is 24.9. The van der Waals surface area contributed by atoms with Crippen LogP contribution in [0.1, 0.15) is 58.3 Å². The summed E-state index contributed by atoms with van der Waals surface area (Å²) in [5.41, 5.74) is 1.03. The lowest BCUT2D eigenvalue weighted by Crippen LogP contribution is -2.34. The average Bonchev–Trinajstić information content (AvgIpc) is 2.46. The highest BCUT2D eigenvalue weighted by molar-refractivity contribution is 6.42. The Labute approximate surface area is 116 Å². The summed E-state index contributed by atoms with van der Waals surface area (Å²) in [6.45, 7) is 4.58. The molecule has 0 unspecified atom stereocenters. The predicted molar refractivity (Wildman–Crippen MR) is 77.5 cm³/mol. The Balaban J connectivity index is 2.68. The predicted octanol–water partition coefficient (Wildman–Crippen LogP) is 3.10. The van der Waals surface area contributed by atoms with E-state index >= 15 is 0 Å². The zero-order valence-corrected chi connectivity index (χ0v) is 12.0. The number of hydrogen-bond donors (Lipinski definition) is 2. The third-order valence-corrected chi connectivity index (χ3v) is 3.78. The largest absolute Gasteiger partial charge is 0.411 e. The van der Waals surface area contributed by atoms with Gasteiger partial charge in [-0.1, -0.05) is 49.3 Å². The van der Waals surface area contributed by atoms with Crippen LogP contribution in [0, 0.1) is 0 Å². The number of rotatable bonds is 1. The van der Waals surface area contributed by atoms with Crippen LogP contribution in [0.2, 0.25) is 0 Å². The Hall–Kier alpha value is -1.10. The highest BCUT2D eigenvalue weighted by Gasteiger charge is 2.15. The SMILES string of the molecule is CCN1CCCCCCCCCC(=N\O)/C(=N/O)C1. The molecule has 0 atom stereocenters. The maximum absolute atomic E-state index is 9.14. The fraction of sp³-hybridized carbons (Fsp3) is 0.857. The van der Waals surface area contributed by atoms with Gasteiger partial charge in [-0.2, -0.15) is 0 Å². The van der Waals surface area contributed by atoms with Crippen molar-refractivity contribution < 1.29 is 10.4 Å². The van der Waals surface area contributed by atoms with Crippen LogP contribution in [0.4, 0.5) is 0 Å². The lowest BCUT2D eigenvalue weighted by molar-refractivity contribution is 0.295. The van der Waals surface area contributed by atoms with E-state index in [9.17, 15) is 0 Å². The number of oxime groups is 2. The summed E-state index contributed by atoms with van der Waals surface area (Å²) in [4.78, 5) is 2.23. The lowest BCUT2D eigenvalue weighted by Gasteiger charge is -2.20. The highest BCUT2D eigenvalue weighted by Crippen LogP contribution is 2.11. The van der Waals surface area contributed by atoms with Crippen LogP contribution in [0.15, 0.2) is 10.3 Å². The molecule has 0 aromatic carbocycles. The Morgan fingerprint density at radius 2 is 1.47 bits per heavy atom. The molecule has 1 aliphatic rings. The van der Waals surface area contributed by atoms with E-state index in [1.54, 1.807) is 0 Å². The molecule has 2 N–H and O–H groups in total. The van der Waals surface area contributed by atoms with E-state index in [4.69, 9.17) is 10.4 Å². The van der Waals surface area contributed by atoms with Crippen molar-refractivity contribution in [2.75, 3.05) is 19.6 Å². The van der Waals surface area contributed by atoms with Crippen molar-refractivity contribution in [3.05, 3.63) is 0 Å². The summed E-state index contributed by atoms with van der Waals surface area (Å²) in [6, 6.07) is 0. The standard InChI is InChI=1S/C14H27N3O2/c1-2-17-11-9-7-5-3-4-6-8-10-13(15-18)14(12-17)16-19/h18-19H,2-12H2,1H3/b15-13+,16-14+. The Kier molecular flexibility index (Phi) is 8.21. The van der Waals surface area contributed by atoms with E-state index in [1.807, 2.05) is 0 Å². The minimum atomic E-state index is 0.503. The van der Waals surface area contributed by atoms with Gasteiger partial charge >= 0.3 is 0 Å². The second kappa shape index (κ2) is 9.78. The normalized spacial score (nSPS) is 25.7. The first-order valence-corrected chi connectivity index (χ1v) is 7.46. The molecule has 0 aromatic heterocycles. The van der Waals surface area contributed by atoms with Crippen molar-refractivity contribution in [1.29, 1.82) is 0 Å². The fourth-order valence-electron chi connectivity index (χ4n) is 2.51. The Bertz CT molecular complexity index is 303. The lowest BCUT2D eigenvalue weighted by atomic mass is 10.0. The second-order valence-electron chi connectivity index (χ2n) is 5.19. The first-order valence-electron chi connectivity index (χ1n) is 7.46. The summed E-state index contributed by atoms with van der Waals surface area (Å²) < 4.78 is 0. The maximum atomic E-state index is 9.14. The van der Waals surface area contributed by atoms with E-state index in [1.165, 1.54) is 32.1 Å². The van der Waals surface area contributed by atoms with Crippen LogP contribution in [-0.4, -0.2) is 46.4 Å². The number of hydrogen-bond acceptors (Lipinski definition) is 5. The summed E-state index contributed by atoms with van der Waals surface area (Å²) in [7, 11) is 0. The van der Waals surface area contributed by atoms with Gasteiger partial charge in [0.15, 0.2) is 0 Å². The molecule has 1 heterocycles. The smallest absolute Gasteiger partial charge is 0.118 e. The molecular weight excluding hydrogens is 242 g/mol. The number of nitrogens with zero attached hydrogens (tertiary/aromatic N) is 3. The molecule has 0 aliphatic carbocycles. The molecule has 1 aliphatic heterocycles. The van der Waals surface area contributed by atoms with E-state index < -0.39 is 0 Å². The van der Waals surface area contributed by atoms with Crippen molar-refractivity contribution >= 4 is 11.4 Å². The van der Waals surface area contributed by atoms with Gasteiger partial charge in [0, 0.05) is 6.54 Å². The summed E-state index contributed by atoms with van der Waals surface area (Å²) >= 11 is 0. The maximum Gasteiger partial charge on any atom is 0.118 e. The van der Waals surface area contributed by atoms with Gasteiger partial charge in [0.05, 0.1) is 0 Å². The molecule has 0 spiro atoms. The Morgan fingerprint density at radius 1 is 0.895 bits per heavy atom. The topological polar surface area (TPSA) is 68.4 Å². The van der Waals surface area contributed by atoms with Crippen LogP contribution < -0.4 is 0 Å². The molecule has 0 saturated carbocycles. The van der Waals surface area contributed by atoms with E-state index in [-0.39, 0.29) is 0 Å². The third kappa shape index (κ3) is 6.05. The fourth-order valence-corrected chi connectivity index (χ4v) is 2.51. The molecule has 5 nitrogen and oxygen atoms in total. The monoisotopic (exact) mass is 269 g/mol. The molecule has 19 heavy (non-hydrogen) atoms. The Morgan fingerprint density at radius 3 is 2.05 bits per heavy atom. The van der Waals surface area contributed by atoms with E-state index in [0.717, 1.165) is 25.9 Å². The first kappa shape index (κ1) is 16.0. The van der Waals surface area contributed by atoms with Gasteiger partial charge in [-0.25, -0.2) is 0 Å². The zero-order valence-electron chi connectivity index (χ0n) is 12.0. The quantitative estimate of drug-likeness (QED) is 0.567. The minimum absolute atomic E-state index is 0.503. The van der Waals surface area contributed by atoms with Gasteiger partial charge in [0.2, 0.25) is 0 Å². The van der Waals surface area contributed by atoms with Crippen LogP contribution in [-0.2, 0) is 0 Å². The molecule has 0 aromatic rings. The summed E-state index contributed by atoms with van der Waals surface area (Å²) in [6.07, 6.45) is 9.11. The van der Waals surface area contributed by atoms with Crippen LogP contribution >= 0.6 is 0 Å². The molecule has 0 amide bonds. The summed E-state index contributed by atoms with van der Waals surface area (Å²) in [5.74, 6) is 0. The molecule has 1 rings (SSSR count). The van der Waals surface area contributed by atoms with Crippen molar-refractivity contribution in [3.63, 3.8) is 0 Å². The zero-order chi connectivity index (χ0) is 13.9. The molecule has 5 heteroatoms. The van der Waals surface area contributed by atoms with Crippen molar-refractivity contribution in [2.24, 2.45) is 10.3 Å². The van der Waals surface area contributed by atoms with Gasteiger partial charge in [0.25, 0.3) is 0 Å². The van der Waals surface area contributed by atoms with Gasteiger partial charge in [-0.3, -0.25) is 4.90 Å². The minimum Gasteiger partial charge on any atom is -0.411 e. The highest BCUT2D eigenvalue weighted by atomic mass is 16.4. The first-order chi connectivity index (χ1) is 9.31. The van der Waals surface area contributed by atoms with Gasteiger partial charge in [-0.05, 0) is 32.4 Å². The van der Waals surface area contributed by atoms with Crippen LogP contribution in [0.3, 0.4) is 0 Å². The van der Waals surface area contributed by atoms with Crippen molar-refractivity contribution in [3.8, 4) is 0 Å². The molecule has 1 fully saturated rings. The molecule has 1 saturated heterocycles. The molecule has 0 radical (unpaired) electrons. The molecule has 0 bridgehead atoms. The van der Waals surface area contributed by atoms with E-state index in [0.29, 0.717) is 24.4 Å². The van der Waals surface area contributed by atoms with Crippen LogP contribution in [0.25, 0.3) is 0 Å². The third-order valence-electron chi connectivity index (χ3n) is 3.78. The van der Waals surface area contributed by atoms with Crippen molar-refractivity contribution in [2.45, 2.75) is 58.3 Å². The van der Waals surface area contributed by atoms with Gasteiger partial charge in [-0.15, -0.1) is 0 Å². The van der Waals surface area contributed by atoms with Crippen LogP contribution in [0.5, 0.6) is 0 Å². The van der Waals surface area contributed by atoms with Gasteiger partial charge < -0.3 is 10.4 Å². The van der Waals surface area contributed by atoms with Gasteiger partial charge in [0.1, 0.15) is 11.4 Å². The molecular formula is C14H27N3O2. The molecule has 110 valence electrons. The average molecular weight is 269 g/mol. The second-order valence-corrected chi connectivity index (χ2v) is 5.19.